The molecule has 0 radical (unpaired) electrons. The topological polar surface area (TPSA) is 65.0 Å². The van der Waals surface area contributed by atoms with Crippen LogP contribution in [0.5, 0.6) is 0 Å². The zero-order chi connectivity index (χ0) is 23.6. The van der Waals surface area contributed by atoms with E-state index in [1.165, 1.54) is 12.7 Å². The third-order valence-electron chi connectivity index (χ3n) is 7.01. The predicted octanol–water partition coefficient (Wildman–Crippen LogP) is 5.10. The first kappa shape index (κ1) is 25.7. The molecule has 1 saturated heterocycles. The molecule has 0 aromatic carbocycles. The summed E-state index contributed by atoms with van der Waals surface area (Å²) < 4.78 is 17.2. The highest BCUT2D eigenvalue weighted by molar-refractivity contribution is 5.69. The van der Waals surface area contributed by atoms with Gasteiger partial charge in [-0.2, -0.15) is 0 Å². The van der Waals surface area contributed by atoms with Crippen LogP contribution in [0.3, 0.4) is 0 Å². The molecule has 2 aliphatic carbocycles. The van der Waals surface area contributed by atoms with Gasteiger partial charge < -0.3 is 19.3 Å². The van der Waals surface area contributed by atoms with Crippen molar-refractivity contribution < 1.29 is 24.1 Å². The number of rotatable bonds is 10. The van der Waals surface area contributed by atoms with Crippen molar-refractivity contribution in [3.05, 3.63) is 36.0 Å². The molecule has 3 rings (SSSR count). The molecule has 0 aromatic rings. The van der Waals surface area contributed by atoms with Gasteiger partial charge in [0.2, 0.25) is 0 Å². The van der Waals surface area contributed by atoms with Gasteiger partial charge in [0.1, 0.15) is 0 Å². The summed E-state index contributed by atoms with van der Waals surface area (Å²) in [5, 5.41) is 10.3. The summed E-state index contributed by atoms with van der Waals surface area (Å²) in [4.78, 5) is 11.2. The number of carbonyl (C=O) groups excluding carboxylic acids is 1. The summed E-state index contributed by atoms with van der Waals surface area (Å²) in [5.41, 5.74) is 1.38. The first-order valence-corrected chi connectivity index (χ1v) is 12.5. The zero-order valence-electron chi connectivity index (χ0n) is 20.4. The summed E-state index contributed by atoms with van der Waals surface area (Å²) in [7, 11) is 1.43. The molecule has 33 heavy (non-hydrogen) atoms. The fourth-order valence-electron chi connectivity index (χ4n) is 5.05. The molecule has 0 spiro atoms. The van der Waals surface area contributed by atoms with Crippen molar-refractivity contribution in [3.8, 4) is 11.8 Å². The van der Waals surface area contributed by atoms with E-state index in [9.17, 15) is 9.90 Å². The Morgan fingerprint density at radius 3 is 2.97 bits per heavy atom. The Hall–Kier alpha value is -1.87. The Balaban J connectivity index is 1.40. The van der Waals surface area contributed by atoms with E-state index in [0.717, 1.165) is 44.9 Å². The lowest BCUT2D eigenvalue weighted by molar-refractivity contribution is -0.204. The number of aliphatic hydroxyl groups is 1. The monoisotopic (exact) mass is 456 g/mol. The van der Waals surface area contributed by atoms with E-state index in [0.29, 0.717) is 24.7 Å². The van der Waals surface area contributed by atoms with Crippen LogP contribution in [0.15, 0.2) is 36.0 Å². The van der Waals surface area contributed by atoms with E-state index in [1.54, 1.807) is 0 Å². The molecule has 1 heterocycles. The van der Waals surface area contributed by atoms with Crippen molar-refractivity contribution in [3.63, 3.8) is 0 Å². The fourth-order valence-corrected chi connectivity index (χ4v) is 5.05. The molecule has 5 nitrogen and oxygen atoms in total. The van der Waals surface area contributed by atoms with E-state index in [-0.39, 0.29) is 30.4 Å². The molecule has 0 bridgehead atoms. The highest BCUT2D eigenvalue weighted by Gasteiger charge is 2.38. The molecule has 2 fully saturated rings. The van der Waals surface area contributed by atoms with Crippen molar-refractivity contribution in [2.75, 3.05) is 7.11 Å². The van der Waals surface area contributed by atoms with Crippen LogP contribution in [-0.4, -0.2) is 42.8 Å². The molecular weight excluding hydrogens is 416 g/mol. The molecule has 1 saturated carbocycles. The average Bonchev–Trinajstić information content (AvgIpc) is 3.36. The van der Waals surface area contributed by atoms with Crippen LogP contribution in [0, 0.1) is 29.6 Å². The molecule has 1 N–H and O–H groups in total. The minimum atomic E-state index is -0.500. The maximum atomic E-state index is 11.2. The SMILES string of the molecule is CC#CCC(C)C(O)C=C[C@@H]1CCC[C@H](O[C@@H]2C[C@@H]3CC(C=CCCC(=O)OC)=C[C@H]3C2)O1. The van der Waals surface area contributed by atoms with Crippen molar-refractivity contribution in [1.29, 1.82) is 0 Å². The minimum absolute atomic E-state index is 0.00499. The number of hydrogen-bond acceptors (Lipinski definition) is 5. The van der Waals surface area contributed by atoms with Crippen LogP contribution in [0.25, 0.3) is 0 Å². The van der Waals surface area contributed by atoms with E-state index in [4.69, 9.17) is 9.47 Å². The van der Waals surface area contributed by atoms with E-state index in [1.807, 2.05) is 26.0 Å². The van der Waals surface area contributed by atoms with Gasteiger partial charge in [-0.15, -0.1) is 11.8 Å². The van der Waals surface area contributed by atoms with Gasteiger partial charge in [0.05, 0.1) is 25.4 Å². The zero-order valence-corrected chi connectivity index (χ0v) is 20.4. The van der Waals surface area contributed by atoms with Gasteiger partial charge in [-0.3, -0.25) is 4.79 Å². The molecule has 1 aliphatic heterocycles. The number of fused-ring (bicyclic) bond motifs is 1. The number of allylic oxidation sites excluding steroid dienone is 4. The summed E-state index contributed by atoms with van der Waals surface area (Å²) in [6, 6.07) is 0. The first-order valence-electron chi connectivity index (χ1n) is 12.5. The number of aliphatic hydroxyl groups excluding tert-OH is 1. The Bertz CT molecular complexity index is 786. The molecule has 2 unspecified atom stereocenters. The normalized spacial score (nSPS) is 31.2. The molecular formula is C28H40O5. The predicted molar refractivity (Wildman–Crippen MR) is 129 cm³/mol. The van der Waals surface area contributed by atoms with Crippen LogP contribution < -0.4 is 0 Å². The number of carbonyl (C=O) groups is 1. The summed E-state index contributed by atoms with van der Waals surface area (Å²) in [6.07, 6.45) is 18.2. The molecule has 0 amide bonds. The summed E-state index contributed by atoms with van der Waals surface area (Å²) >= 11 is 0. The largest absolute Gasteiger partial charge is 0.469 e. The van der Waals surface area contributed by atoms with Crippen LogP contribution in [0.1, 0.15) is 71.6 Å². The number of ether oxygens (including phenoxy) is 3. The maximum absolute atomic E-state index is 11.2. The van der Waals surface area contributed by atoms with Crippen LogP contribution >= 0.6 is 0 Å². The van der Waals surface area contributed by atoms with Gasteiger partial charge >= 0.3 is 5.97 Å². The second-order valence-electron chi connectivity index (χ2n) is 9.63. The van der Waals surface area contributed by atoms with Crippen molar-refractivity contribution in [2.45, 2.75) is 96.2 Å². The summed E-state index contributed by atoms with van der Waals surface area (Å²) in [6.45, 7) is 3.84. The Morgan fingerprint density at radius 1 is 1.36 bits per heavy atom. The second-order valence-corrected chi connectivity index (χ2v) is 9.63. The van der Waals surface area contributed by atoms with E-state index in [2.05, 4.69) is 34.8 Å². The quantitative estimate of drug-likeness (QED) is 0.281. The smallest absolute Gasteiger partial charge is 0.305 e. The Kier molecular flexibility index (Phi) is 10.2. The third-order valence-corrected chi connectivity index (χ3v) is 7.01. The van der Waals surface area contributed by atoms with Gasteiger partial charge in [-0.25, -0.2) is 0 Å². The number of esters is 1. The van der Waals surface area contributed by atoms with Crippen molar-refractivity contribution >= 4 is 5.97 Å². The van der Waals surface area contributed by atoms with E-state index >= 15 is 0 Å². The highest BCUT2D eigenvalue weighted by Crippen LogP contribution is 2.45. The van der Waals surface area contributed by atoms with Crippen molar-refractivity contribution in [2.24, 2.45) is 17.8 Å². The van der Waals surface area contributed by atoms with Gasteiger partial charge in [-0.05, 0) is 69.6 Å². The van der Waals surface area contributed by atoms with Gasteiger partial charge in [0.15, 0.2) is 6.29 Å². The highest BCUT2D eigenvalue weighted by atomic mass is 16.7. The Labute approximate surface area is 199 Å². The van der Waals surface area contributed by atoms with Gasteiger partial charge in [-0.1, -0.05) is 42.9 Å². The molecule has 182 valence electrons. The molecule has 3 aliphatic rings. The molecule has 5 heteroatoms. The van der Waals surface area contributed by atoms with Gasteiger partial charge in [0.25, 0.3) is 0 Å². The van der Waals surface area contributed by atoms with Crippen LogP contribution in [0.2, 0.25) is 0 Å². The standard InChI is InChI=1S/C28H40O5/c1-4-5-9-20(2)26(29)15-14-24-11-8-13-28(32-24)33-25-18-22-16-21(17-23(22)19-25)10-6-7-12-27(30)31-3/h6,10,14-16,20,22-26,28-29H,7-9,11-13,17-19H2,1-3H3/t20?,22-,23-,24-,25-,26?,28-/m0/s1. The van der Waals surface area contributed by atoms with Crippen molar-refractivity contribution in [1.82, 2.24) is 0 Å². The number of methoxy groups -OCH3 is 1. The Morgan fingerprint density at radius 2 is 2.21 bits per heavy atom. The maximum Gasteiger partial charge on any atom is 0.305 e. The number of hydrogen-bond donors (Lipinski definition) is 1. The lowest BCUT2D eigenvalue weighted by Gasteiger charge is -2.30. The van der Waals surface area contributed by atoms with Crippen LogP contribution in [0.4, 0.5) is 0 Å². The van der Waals surface area contributed by atoms with Gasteiger partial charge in [0, 0.05) is 12.8 Å². The molecule has 0 aromatic heterocycles. The second kappa shape index (κ2) is 13.1. The lowest BCUT2D eigenvalue weighted by Crippen LogP contribution is -2.31. The fraction of sp³-hybridized carbons (Fsp3) is 0.679. The van der Waals surface area contributed by atoms with Crippen LogP contribution in [-0.2, 0) is 19.0 Å². The molecule has 7 atom stereocenters. The lowest BCUT2D eigenvalue weighted by atomic mass is 9.99. The summed E-state index contributed by atoms with van der Waals surface area (Å²) in [5.74, 6) is 7.10. The third kappa shape index (κ3) is 8.14. The first-order chi connectivity index (χ1) is 16.0. The van der Waals surface area contributed by atoms with E-state index < -0.39 is 6.10 Å². The average molecular weight is 457 g/mol. The minimum Gasteiger partial charge on any atom is -0.469 e.